The van der Waals surface area contributed by atoms with Gasteiger partial charge < -0.3 is 9.63 Å². The van der Waals surface area contributed by atoms with E-state index in [1.807, 2.05) is 0 Å². The summed E-state index contributed by atoms with van der Waals surface area (Å²) in [5, 5.41) is 15.6. The molecule has 1 aromatic carbocycles. The van der Waals surface area contributed by atoms with Gasteiger partial charge in [0.25, 0.3) is 0 Å². The van der Waals surface area contributed by atoms with Crippen LogP contribution >= 0.6 is 11.6 Å². The van der Waals surface area contributed by atoms with Gasteiger partial charge >= 0.3 is 6.09 Å². The zero-order chi connectivity index (χ0) is 26.3. The highest BCUT2D eigenvalue weighted by atomic mass is 35.5. The number of rotatable bonds is 4. The van der Waals surface area contributed by atoms with Gasteiger partial charge in [-0.3, -0.25) is 10.3 Å². The summed E-state index contributed by atoms with van der Waals surface area (Å²) in [7, 11) is -2.01. The van der Waals surface area contributed by atoms with Crippen molar-refractivity contribution in [3.8, 4) is 22.8 Å². The second kappa shape index (κ2) is 9.21. The normalized spacial score (nSPS) is 23.1. The molecule has 14 heteroatoms. The van der Waals surface area contributed by atoms with Crippen molar-refractivity contribution in [2.75, 3.05) is 19.5 Å². The van der Waals surface area contributed by atoms with E-state index in [0.29, 0.717) is 10.6 Å². The van der Waals surface area contributed by atoms with Crippen molar-refractivity contribution in [1.29, 1.82) is 0 Å². The van der Waals surface area contributed by atoms with Crippen molar-refractivity contribution in [3.05, 3.63) is 53.1 Å². The SMILES string of the molecule is CN=S1(=O)C[C@@](CF)(c2cc(-c3cc(-c4ncc(Cl)cn4)no3)ccc2F)N=C(NC(=O)O)C1(C)C. The van der Waals surface area contributed by atoms with Crippen molar-refractivity contribution in [2.24, 2.45) is 9.36 Å². The van der Waals surface area contributed by atoms with Crippen LogP contribution in [-0.2, 0) is 15.3 Å². The molecule has 1 aliphatic heterocycles. The molecule has 0 radical (unpaired) electrons. The lowest BCUT2D eigenvalue weighted by atomic mass is 9.90. The Labute approximate surface area is 210 Å². The van der Waals surface area contributed by atoms with E-state index in [-0.39, 0.29) is 28.7 Å². The number of nitrogens with zero attached hydrogens (tertiary/aromatic N) is 5. The van der Waals surface area contributed by atoms with Gasteiger partial charge in [-0.05, 0) is 32.0 Å². The van der Waals surface area contributed by atoms with Crippen molar-refractivity contribution < 1.29 is 27.4 Å². The van der Waals surface area contributed by atoms with Crippen LogP contribution in [0.4, 0.5) is 13.6 Å². The monoisotopic (exact) mass is 538 g/mol. The second-order valence-electron chi connectivity index (χ2n) is 8.53. The fourth-order valence-electron chi connectivity index (χ4n) is 3.88. The number of amidine groups is 1. The molecule has 3 aromatic rings. The Morgan fingerprint density at radius 3 is 2.61 bits per heavy atom. The van der Waals surface area contributed by atoms with Crippen molar-refractivity contribution in [1.82, 2.24) is 20.4 Å². The number of alkyl halides is 1. The fourth-order valence-corrected chi connectivity index (χ4v) is 6.27. The first-order valence-corrected chi connectivity index (χ1v) is 12.5. The van der Waals surface area contributed by atoms with E-state index in [1.165, 1.54) is 51.5 Å². The van der Waals surface area contributed by atoms with Crippen molar-refractivity contribution in [2.45, 2.75) is 24.1 Å². The number of carbonyl (C=O) groups is 1. The average molecular weight is 539 g/mol. The summed E-state index contributed by atoms with van der Waals surface area (Å²) in [6.07, 6.45) is 1.30. The molecule has 2 aromatic heterocycles. The molecule has 0 saturated carbocycles. The number of hydrogen-bond acceptors (Lipinski definition) is 8. The summed E-state index contributed by atoms with van der Waals surface area (Å²) < 4.78 is 51.7. The number of aliphatic imine (C=N–C) groups is 1. The average Bonchev–Trinajstić information content (AvgIpc) is 3.33. The molecule has 2 N–H and O–H groups in total. The summed E-state index contributed by atoms with van der Waals surface area (Å²) in [5.74, 6) is -1.13. The lowest BCUT2D eigenvalue weighted by Crippen LogP contribution is -2.58. The molecule has 0 saturated heterocycles. The third-order valence-electron chi connectivity index (χ3n) is 5.98. The Bertz CT molecular complexity index is 1480. The van der Waals surface area contributed by atoms with Crippen LogP contribution in [0.5, 0.6) is 0 Å². The lowest BCUT2D eigenvalue weighted by molar-refractivity contribution is 0.199. The highest BCUT2D eigenvalue weighted by Gasteiger charge is 2.51. The third kappa shape index (κ3) is 4.32. The van der Waals surface area contributed by atoms with Gasteiger partial charge in [0.15, 0.2) is 17.3 Å². The first kappa shape index (κ1) is 25.6. The molecule has 1 unspecified atom stereocenters. The maximum atomic E-state index is 15.2. The Morgan fingerprint density at radius 2 is 2.00 bits per heavy atom. The van der Waals surface area contributed by atoms with E-state index in [9.17, 15) is 18.5 Å². The van der Waals surface area contributed by atoms with Gasteiger partial charge in [0.05, 0.1) is 20.5 Å². The molecule has 190 valence electrons. The molecule has 2 atom stereocenters. The van der Waals surface area contributed by atoms with E-state index in [1.54, 1.807) is 0 Å². The van der Waals surface area contributed by atoms with Crippen LogP contribution in [0.3, 0.4) is 0 Å². The molecule has 3 heterocycles. The quantitative estimate of drug-likeness (QED) is 0.503. The summed E-state index contributed by atoms with van der Waals surface area (Å²) in [6, 6.07) is 5.30. The van der Waals surface area contributed by atoms with E-state index in [4.69, 9.17) is 16.1 Å². The molecule has 1 amide bonds. The molecular weight excluding hydrogens is 518 g/mol. The van der Waals surface area contributed by atoms with Gasteiger partial charge in [0.2, 0.25) is 0 Å². The number of aromatic nitrogens is 3. The molecule has 0 aliphatic carbocycles. The van der Waals surface area contributed by atoms with Gasteiger partial charge in [0, 0.05) is 36.6 Å². The Kier molecular flexibility index (Phi) is 6.56. The summed E-state index contributed by atoms with van der Waals surface area (Å²) >= 11 is 5.81. The molecular formula is C22H21ClF2N6O4S. The third-order valence-corrected chi connectivity index (χ3v) is 9.42. The largest absolute Gasteiger partial charge is 0.465 e. The van der Waals surface area contributed by atoms with Gasteiger partial charge in [-0.2, -0.15) is 0 Å². The van der Waals surface area contributed by atoms with E-state index in [2.05, 4.69) is 29.8 Å². The smallest absolute Gasteiger partial charge is 0.410 e. The lowest BCUT2D eigenvalue weighted by Gasteiger charge is -2.41. The first-order chi connectivity index (χ1) is 16.9. The topological polar surface area (TPSA) is 143 Å². The van der Waals surface area contributed by atoms with Crippen LogP contribution in [0, 0.1) is 5.82 Å². The van der Waals surface area contributed by atoms with Gasteiger partial charge in [0.1, 0.15) is 28.6 Å². The van der Waals surface area contributed by atoms with Crippen LogP contribution in [0.1, 0.15) is 19.4 Å². The summed E-state index contributed by atoms with van der Waals surface area (Å²) in [6.45, 7) is 1.71. The van der Waals surface area contributed by atoms with Gasteiger partial charge in [-0.25, -0.2) is 32.1 Å². The van der Waals surface area contributed by atoms with E-state index in [0.717, 1.165) is 6.07 Å². The standard InChI is InChI=1S/C22H21ClF2N6O4S/c1-21(2)19(29-20(32)33)30-22(10-24,11-36(21,34)26-3)14-6-12(4-5-15(14)25)17-7-16(31-35-17)18-27-8-13(23)9-28-18/h4-9H,10-11H2,1-3H3,(H,29,30)(H,32,33)/t22-,36?/m0/s1. The Morgan fingerprint density at radius 1 is 1.31 bits per heavy atom. The van der Waals surface area contributed by atoms with Crippen LogP contribution in [0.25, 0.3) is 22.8 Å². The van der Waals surface area contributed by atoms with Crippen molar-refractivity contribution in [3.63, 3.8) is 0 Å². The number of amides is 1. The van der Waals surface area contributed by atoms with Crippen LogP contribution in [-0.4, -0.2) is 60.6 Å². The van der Waals surface area contributed by atoms with Gasteiger partial charge in [-0.1, -0.05) is 16.8 Å². The zero-order valence-electron chi connectivity index (χ0n) is 19.3. The predicted octanol–water partition coefficient (Wildman–Crippen LogP) is 4.31. The molecule has 36 heavy (non-hydrogen) atoms. The van der Waals surface area contributed by atoms with Gasteiger partial charge in [-0.15, -0.1) is 0 Å². The van der Waals surface area contributed by atoms with E-state index >= 15 is 4.39 Å². The molecule has 10 nitrogen and oxygen atoms in total. The summed E-state index contributed by atoms with van der Waals surface area (Å²) in [5.41, 5.74) is -1.64. The fraction of sp³-hybridized carbons (Fsp3) is 0.318. The molecule has 0 spiro atoms. The minimum atomic E-state index is -3.30. The number of halogens is 3. The molecule has 0 bridgehead atoms. The highest BCUT2D eigenvalue weighted by Crippen LogP contribution is 2.41. The minimum Gasteiger partial charge on any atom is -0.465 e. The maximum absolute atomic E-state index is 15.2. The minimum absolute atomic E-state index is 0.198. The molecule has 1 aliphatic rings. The van der Waals surface area contributed by atoms with Crippen LogP contribution in [0.15, 0.2) is 50.5 Å². The predicted molar refractivity (Wildman–Crippen MR) is 130 cm³/mol. The Balaban J connectivity index is 1.85. The van der Waals surface area contributed by atoms with Crippen molar-refractivity contribution >= 4 is 33.3 Å². The maximum Gasteiger partial charge on any atom is 0.410 e. The number of carboxylic acid groups (broad SMARTS) is 1. The van der Waals surface area contributed by atoms with E-state index < -0.39 is 44.4 Å². The Hall–Kier alpha value is -3.45. The zero-order valence-corrected chi connectivity index (χ0v) is 20.9. The summed E-state index contributed by atoms with van der Waals surface area (Å²) in [4.78, 5) is 23.8. The molecule has 4 rings (SSSR count). The number of benzene rings is 1. The molecule has 0 fully saturated rings. The second-order valence-corrected chi connectivity index (χ2v) is 11.9. The highest BCUT2D eigenvalue weighted by molar-refractivity contribution is 7.95. The van der Waals surface area contributed by atoms with Crippen LogP contribution in [0.2, 0.25) is 5.02 Å². The first-order valence-electron chi connectivity index (χ1n) is 10.5. The number of hydrogen-bond donors (Lipinski definition) is 2. The number of nitrogens with one attached hydrogen (secondary N) is 1. The van der Waals surface area contributed by atoms with Crippen LogP contribution < -0.4 is 5.32 Å².